The highest BCUT2D eigenvalue weighted by atomic mass is 16.2. The lowest BCUT2D eigenvalue weighted by Gasteiger charge is -2.21. The van der Waals surface area contributed by atoms with Gasteiger partial charge in [-0.25, -0.2) is 0 Å². The third kappa shape index (κ3) is 2.84. The Labute approximate surface area is 131 Å². The molecule has 0 fully saturated rings. The summed E-state index contributed by atoms with van der Waals surface area (Å²) in [6.45, 7) is 5.78. The number of fused-ring (bicyclic) bond motifs is 1. The van der Waals surface area contributed by atoms with E-state index < -0.39 is 5.41 Å². The molecule has 1 heterocycles. The molecule has 0 aromatic heterocycles. The number of anilines is 2. The lowest BCUT2D eigenvalue weighted by atomic mass is 9.94. The zero-order chi connectivity index (χ0) is 15.7. The largest absolute Gasteiger partial charge is 0.378 e. The SMILES string of the molecule is CC(C)(C)C(=O)Nc1ccccc1C1Cc2ccccc2N1. The Morgan fingerprint density at radius 1 is 1.09 bits per heavy atom. The van der Waals surface area contributed by atoms with Crippen molar-refractivity contribution in [1.82, 2.24) is 0 Å². The average Bonchev–Trinajstić information content (AvgIpc) is 2.90. The van der Waals surface area contributed by atoms with Crippen molar-refractivity contribution in [1.29, 1.82) is 0 Å². The van der Waals surface area contributed by atoms with Crippen LogP contribution in [0.5, 0.6) is 0 Å². The monoisotopic (exact) mass is 294 g/mol. The summed E-state index contributed by atoms with van der Waals surface area (Å²) in [5.74, 6) is 0.0375. The number of para-hydroxylation sites is 2. The Morgan fingerprint density at radius 2 is 1.77 bits per heavy atom. The van der Waals surface area contributed by atoms with Gasteiger partial charge in [-0.1, -0.05) is 57.2 Å². The van der Waals surface area contributed by atoms with E-state index in [1.54, 1.807) is 0 Å². The Balaban J connectivity index is 1.86. The van der Waals surface area contributed by atoms with Crippen LogP contribution in [0.4, 0.5) is 11.4 Å². The second kappa shape index (κ2) is 5.48. The fourth-order valence-corrected chi connectivity index (χ4v) is 2.71. The Morgan fingerprint density at radius 3 is 2.50 bits per heavy atom. The van der Waals surface area contributed by atoms with Crippen LogP contribution >= 0.6 is 0 Å². The average molecular weight is 294 g/mol. The highest BCUT2D eigenvalue weighted by Crippen LogP contribution is 2.37. The molecule has 2 N–H and O–H groups in total. The number of nitrogens with one attached hydrogen (secondary N) is 2. The molecule has 0 spiro atoms. The van der Waals surface area contributed by atoms with Crippen molar-refractivity contribution in [2.45, 2.75) is 33.2 Å². The summed E-state index contributed by atoms with van der Waals surface area (Å²) in [4.78, 5) is 12.3. The molecule has 2 aromatic rings. The van der Waals surface area contributed by atoms with Gasteiger partial charge in [0.25, 0.3) is 0 Å². The molecule has 114 valence electrons. The summed E-state index contributed by atoms with van der Waals surface area (Å²) >= 11 is 0. The van der Waals surface area contributed by atoms with E-state index in [0.29, 0.717) is 0 Å². The quantitative estimate of drug-likeness (QED) is 0.863. The van der Waals surface area contributed by atoms with Crippen molar-refractivity contribution in [3.8, 4) is 0 Å². The standard InChI is InChI=1S/C19H22N2O/c1-19(2,3)18(22)21-16-11-7-5-9-14(16)17-12-13-8-4-6-10-15(13)20-17/h4-11,17,20H,12H2,1-3H3,(H,21,22). The van der Waals surface area contributed by atoms with Crippen molar-refractivity contribution in [3.05, 3.63) is 59.7 Å². The minimum Gasteiger partial charge on any atom is -0.378 e. The Bertz CT molecular complexity index is 676. The fourth-order valence-electron chi connectivity index (χ4n) is 2.71. The maximum Gasteiger partial charge on any atom is 0.229 e. The zero-order valence-corrected chi connectivity index (χ0v) is 13.3. The zero-order valence-electron chi connectivity index (χ0n) is 13.3. The van der Waals surface area contributed by atoms with Gasteiger partial charge in [0.2, 0.25) is 5.91 Å². The van der Waals surface area contributed by atoms with E-state index in [-0.39, 0.29) is 11.9 Å². The summed E-state index contributed by atoms with van der Waals surface area (Å²) < 4.78 is 0. The highest BCUT2D eigenvalue weighted by molar-refractivity contribution is 5.95. The predicted molar refractivity (Wildman–Crippen MR) is 91.0 cm³/mol. The number of benzene rings is 2. The van der Waals surface area contributed by atoms with E-state index in [1.165, 1.54) is 11.3 Å². The molecule has 3 nitrogen and oxygen atoms in total. The van der Waals surface area contributed by atoms with Crippen molar-refractivity contribution < 1.29 is 4.79 Å². The molecule has 0 bridgehead atoms. The van der Waals surface area contributed by atoms with Gasteiger partial charge in [-0.15, -0.1) is 0 Å². The number of hydrogen-bond donors (Lipinski definition) is 2. The van der Waals surface area contributed by atoms with Crippen LogP contribution in [0.15, 0.2) is 48.5 Å². The number of amides is 1. The van der Waals surface area contributed by atoms with E-state index >= 15 is 0 Å². The lowest BCUT2D eigenvalue weighted by Crippen LogP contribution is -2.28. The molecule has 22 heavy (non-hydrogen) atoms. The smallest absolute Gasteiger partial charge is 0.229 e. The van der Waals surface area contributed by atoms with Gasteiger partial charge in [0.15, 0.2) is 0 Å². The first-order valence-corrected chi connectivity index (χ1v) is 7.70. The number of carbonyl (C=O) groups excluding carboxylic acids is 1. The van der Waals surface area contributed by atoms with Crippen molar-refractivity contribution in [2.75, 3.05) is 10.6 Å². The molecule has 0 saturated heterocycles. The number of hydrogen-bond acceptors (Lipinski definition) is 2. The van der Waals surface area contributed by atoms with E-state index in [0.717, 1.165) is 17.7 Å². The minimum absolute atomic E-state index is 0.0375. The molecular formula is C19H22N2O. The van der Waals surface area contributed by atoms with Gasteiger partial charge < -0.3 is 10.6 Å². The van der Waals surface area contributed by atoms with Crippen LogP contribution in [0.1, 0.15) is 37.9 Å². The first kappa shape index (κ1) is 14.6. The third-order valence-corrected chi connectivity index (χ3v) is 4.04. The van der Waals surface area contributed by atoms with Gasteiger partial charge >= 0.3 is 0 Å². The lowest BCUT2D eigenvalue weighted by molar-refractivity contribution is -0.123. The van der Waals surface area contributed by atoms with Crippen LogP contribution in [0.2, 0.25) is 0 Å². The molecule has 3 heteroatoms. The van der Waals surface area contributed by atoms with Crippen molar-refractivity contribution in [2.24, 2.45) is 5.41 Å². The number of rotatable bonds is 2. The van der Waals surface area contributed by atoms with Crippen molar-refractivity contribution >= 4 is 17.3 Å². The van der Waals surface area contributed by atoms with Crippen LogP contribution in [-0.4, -0.2) is 5.91 Å². The Kier molecular flexibility index (Phi) is 3.65. The Hall–Kier alpha value is -2.29. The summed E-state index contributed by atoms with van der Waals surface area (Å²) in [5, 5.41) is 6.63. The first-order valence-electron chi connectivity index (χ1n) is 7.70. The summed E-state index contributed by atoms with van der Waals surface area (Å²) in [6.07, 6.45) is 0.943. The van der Waals surface area contributed by atoms with Crippen LogP contribution in [-0.2, 0) is 11.2 Å². The van der Waals surface area contributed by atoms with E-state index in [1.807, 2.05) is 45.0 Å². The minimum atomic E-state index is -0.404. The molecule has 1 unspecified atom stereocenters. The van der Waals surface area contributed by atoms with Gasteiger partial charge in [-0.2, -0.15) is 0 Å². The van der Waals surface area contributed by atoms with Gasteiger partial charge in [0.1, 0.15) is 0 Å². The van der Waals surface area contributed by atoms with Crippen LogP contribution in [0.25, 0.3) is 0 Å². The summed E-state index contributed by atoms with van der Waals surface area (Å²) in [6, 6.07) is 16.6. The van der Waals surface area contributed by atoms with Gasteiger partial charge in [-0.05, 0) is 29.7 Å². The molecule has 3 rings (SSSR count). The normalized spacial score (nSPS) is 16.8. The fraction of sp³-hybridized carbons (Fsp3) is 0.316. The first-order chi connectivity index (χ1) is 10.4. The molecule has 1 aliphatic heterocycles. The molecule has 0 aliphatic carbocycles. The van der Waals surface area contributed by atoms with Crippen LogP contribution < -0.4 is 10.6 Å². The van der Waals surface area contributed by atoms with Gasteiger partial charge in [-0.3, -0.25) is 4.79 Å². The molecular weight excluding hydrogens is 272 g/mol. The molecule has 0 radical (unpaired) electrons. The van der Waals surface area contributed by atoms with Crippen molar-refractivity contribution in [3.63, 3.8) is 0 Å². The predicted octanol–water partition coefficient (Wildman–Crippen LogP) is 4.38. The molecule has 1 atom stereocenters. The molecule has 1 amide bonds. The number of carbonyl (C=O) groups is 1. The molecule has 2 aromatic carbocycles. The maximum atomic E-state index is 12.3. The van der Waals surface area contributed by atoms with E-state index in [4.69, 9.17) is 0 Å². The van der Waals surface area contributed by atoms with E-state index in [2.05, 4.69) is 34.9 Å². The molecule has 1 aliphatic rings. The van der Waals surface area contributed by atoms with E-state index in [9.17, 15) is 4.79 Å². The summed E-state index contributed by atoms with van der Waals surface area (Å²) in [7, 11) is 0. The molecule has 0 saturated carbocycles. The topological polar surface area (TPSA) is 41.1 Å². The van der Waals surface area contributed by atoms with Crippen LogP contribution in [0.3, 0.4) is 0 Å². The second-order valence-electron chi connectivity index (χ2n) is 6.85. The second-order valence-corrected chi connectivity index (χ2v) is 6.85. The highest BCUT2D eigenvalue weighted by Gasteiger charge is 2.26. The van der Waals surface area contributed by atoms with Gasteiger partial charge in [0.05, 0.1) is 6.04 Å². The maximum absolute atomic E-state index is 12.3. The third-order valence-electron chi connectivity index (χ3n) is 4.04. The van der Waals surface area contributed by atoms with Crippen LogP contribution in [0, 0.1) is 5.41 Å². The summed E-state index contributed by atoms with van der Waals surface area (Å²) in [5.41, 5.74) is 4.14. The van der Waals surface area contributed by atoms with Gasteiger partial charge in [0, 0.05) is 16.8 Å².